The van der Waals surface area contributed by atoms with Crippen LogP contribution in [0.1, 0.15) is 24.1 Å². The van der Waals surface area contributed by atoms with E-state index in [4.69, 9.17) is 0 Å². The van der Waals surface area contributed by atoms with Crippen LogP contribution in [0.4, 0.5) is 0 Å². The molecule has 0 unspecified atom stereocenters. The maximum absolute atomic E-state index is 12.6. The summed E-state index contributed by atoms with van der Waals surface area (Å²) >= 11 is 0. The van der Waals surface area contributed by atoms with Crippen LogP contribution in [0.3, 0.4) is 0 Å². The Balaban J connectivity index is 1.47. The zero-order chi connectivity index (χ0) is 17.9. The molecule has 4 rings (SSSR count). The second kappa shape index (κ2) is 7.00. The number of fused-ring (bicyclic) bond motifs is 1. The van der Waals surface area contributed by atoms with E-state index in [2.05, 4.69) is 15.3 Å². The van der Waals surface area contributed by atoms with Gasteiger partial charge in [0.25, 0.3) is 0 Å². The van der Waals surface area contributed by atoms with E-state index in [1.54, 1.807) is 11.1 Å². The van der Waals surface area contributed by atoms with E-state index in [1.807, 2.05) is 48.7 Å². The van der Waals surface area contributed by atoms with E-state index in [9.17, 15) is 9.59 Å². The number of hydrogen-bond acceptors (Lipinski definition) is 3. The number of likely N-dealkylation sites (tertiary alicyclic amines) is 1. The van der Waals surface area contributed by atoms with Crippen LogP contribution >= 0.6 is 0 Å². The molecule has 1 saturated heterocycles. The highest BCUT2D eigenvalue weighted by atomic mass is 16.2. The molecule has 2 amide bonds. The van der Waals surface area contributed by atoms with Crippen molar-refractivity contribution in [2.75, 3.05) is 0 Å². The van der Waals surface area contributed by atoms with Crippen molar-refractivity contribution >= 4 is 22.7 Å². The molecule has 3 heterocycles. The van der Waals surface area contributed by atoms with Crippen molar-refractivity contribution in [2.45, 2.75) is 32.0 Å². The average Bonchev–Trinajstić information content (AvgIpc) is 3.25. The molecule has 2 aromatic heterocycles. The zero-order valence-electron chi connectivity index (χ0n) is 14.3. The number of nitrogens with one attached hydrogen (secondary N) is 2. The first-order chi connectivity index (χ1) is 12.7. The third kappa shape index (κ3) is 3.18. The molecular formula is C20H20N4O2. The molecule has 0 saturated carbocycles. The molecule has 3 aromatic rings. The van der Waals surface area contributed by atoms with E-state index in [1.165, 1.54) is 0 Å². The van der Waals surface area contributed by atoms with E-state index in [0.717, 1.165) is 22.2 Å². The Hall–Kier alpha value is -3.15. The lowest BCUT2D eigenvalue weighted by Crippen LogP contribution is -2.44. The first-order valence-corrected chi connectivity index (χ1v) is 8.74. The maximum Gasteiger partial charge on any atom is 0.243 e. The van der Waals surface area contributed by atoms with Gasteiger partial charge in [-0.25, -0.2) is 0 Å². The molecule has 0 aliphatic carbocycles. The van der Waals surface area contributed by atoms with Gasteiger partial charge in [0.1, 0.15) is 6.04 Å². The third-order valence-corrected chi connectivity index (χ3v) is 4.82. The highest BCUT2D eigenvalue weighted by Crippen LogP contribution is 2.25. The van der Waals surface area contributed by atoms with Crippen molar-refractivity contribution in [3.63, 3.8) is 0 Å². The molecule has 2 N–H and O–H groups in total. The predicted octanol–water partition coefficient (Wildman–Crippen LogP) is 2.37. The number of aromatic amines is 1. The number of aromatic nitrogens is 2. The molecule has 1 aliphatic heterocycles. The Morgan fingerprint density at radius 2 is 2.08 bits per heavy atom. The molecular weight excluding hydrogens is 328 g/mol. The normalized spacial score (nSPS) is 17.0. The van der Waals surface area contributed by atoms with Crippen molar-refractivity contribution in [2.24, 2.45) is 0 Å². The summed E-state index contributed by atoms with van der Waals surface area (Å²) in [5.41, 5.74) is 2.86. The molecule has 0 spiro atoms. The third-order valence-electron chi connectivity index (χ3n) is 4.82. The van der Waals surface area contributed by atoms with Gasteiger partial charge in [-0.15, -0.1) is 0 Å². The summed E-state index contributed by atoms with van der Waals surface area (Å²) in [4.78, 5) is 34.1. The molecule has 1 fully saturated rings. The predicted molar refractivity (Wildman–Crippen MR) is 98.0 cm³/mol. The first kappa shape index (κ1) is 16.3. The van der Waals surface area contributed by atoms with Crippen molar-refractivity contribution in [3.8, 4) is 0 Å². The summed E-state index contributed by atoms with van der Waals surface area (Å²) in [5.74, 6) is -0.102. The number of nitrogens with zero attached hydrogens (tertiary/aromatic N) is 2. The Labute approximate surface area is 151 Å². The number of carbonyl (C=O) groups excluding carboxylic acids is 2. The highest BCUT2D eigenvalue weighted by Gasteiger charge is 2.36. The monoisotopic (exact) mass is 348 g/mol. The number of benzene rings is 1. The quantitative estimate of drug-likeness (QED) is 0.743. The van der Waals surface area contributed by atoms with Crippen LogP contribution in [0, 0.1) is 0 Å². The Morgan fingerprint density at radius 1 is 1.23 bits per heavy atom. The van der Waals surface area contributed by atoms with Gasteiger partial charge in [0.15, 0.2) is 0 Å². The van der Waals surface area contributed by atoms with Gasteiger partial charge in [-0.2, -0.15) is 0 Å². The summed E-state index contributed by atoms with van der Waals surface area (Å²) in [6, 6.07) is 13.1. The largest absolute Gasteiger partial charge is 0.361 e. The maximum atomic E-state index is 12.6. The van der Waals surface area contributed by atoms with E-state index in [-0.39, 0.29) is 11.8 Å². The van der Waals surface area contributed by atoms with Gasteiger partial charge in [0.05, 0.1) is 12.2 Å². The number of hydrogen-bond donors (Lipinski definition) is 2. The molecule has 6 heteroatoms. The molecule has 132 valence electrons. The Kier molecular flexibility index (Phi) is 4.39. The second-order valence-corrected chi connectivity index (χ2v) is 6.47. The van der Waals surface area contributed by atoms with E-state index < -0.39 is 6.04 Å². The molecule has 26 heavy (non-hydrogen) atoms. The minimum Gasteiger partial charge on any atom is -0.361 e. The van der Waals surface area contributed by atoms with Gasteiger partial charge < -0.3 is 15.2 Å². The molecule has 6 nitrogen and oxygen atoms in total. The number of amides is 2. The van der Waals surface area contributed by atoms with Crippen LogP contribution in [0.15, 0.2) is 54.9 Å². The number of carbonyl (C=O) groups is 2. The van der Waals surface area contributed by atoms with Crippen LogP contribution in [0.25, 0.3) is 10.9 Å². The SMILES string of the molecule is O=C(NCc1ccccn1)[C@H]1CCC(=O)N1Cc1c[nH]c2ccccc12. The summed E-state index contributed by atoms with van der Waals surface area (Å²) in [5, 5.41) is 3.99. The topological polar surface area (TPSA) is 78.1 Å². The van der Waals surface area contributed by atoms with Gasteiger partial charge in [0.2, 0.25) is 11.8 Å². The second-order valence-electron chi connectivity index (χ2n) is 6.47. The van der Waals surface area contributed by atoms with Crippen LogP contribution in [-0.2, 0) is 22.7 Å². The first-order valence-electron chi connectivity index (χ1n) is 8.74. The summed E-state index contributed by atoms with van der Waals surface area (Å²) < 4.78 is 0. The minimum absolute atomic E-state index is 0.0215. The molecule has 1 aliphatic rings. The Morgan fingerprint density at radius 3 is 2.92 bits per heavy atom. The lowest BCUT2D eigenvalue weighted by Gasteiger charge is -2.24. The molecule has 0 bridgehead atoms. The molecule has 1 atom stereocenters. The number of rotatable bonds is 5. The molecule has 1 aromatic carbocycles. The van der Waals surface area contributed by atoms with E-state index in [0.29, 0.717) is 25.9 Å². The van der Waals surface area contributed by atoms with Crippen molar-refractivity contribution < 1.29 is 9.59 Å². The fourth-order valence-corrected chi connectivity index (χ4v) is 3.45. The van der Waals surface area contributed by atoms with Crippen LogP contribution in [-0.4, -0.2) is 32.7 Å². The number of para-hydroxylation sites is 1. The fraction of sp³-hybridized carbons (Fsp3) is 0.250. The Bertz CT molecular complexity index is 935. The van der Waals surface area contributed by atoms with Gasteiger partial charge in [-0.1, -0.05) is 24.3 Å². The summed E-state index contributed by atoms with van der Waals surface area (Å²) in [6.07, 6.45) is 4.57. The van der Waals surface area contributed by atoms with Gasteiger partial charge in [-0.3, -0.25) is 14.6 Å². The van der Waals surface area contributed by atoms with Crippen molar-refractivity contribution in [1.82, 2.24) is 20.2 Å². The zero-order valence-corrected chi connectivity index (χ0v) is 14.3. The lowest BCUT2D eigenvalue weighted by atomic mass is 10.1. The number of pyridine rings is 1. The van der Waals surface area contributed by atoms with Crippen LogP contribution in [0.5, 0.6) is 0 Å². The smallest absolute Gasteiger partial charge is 0.243 e. The van der Waals surface area contributed by atoms with Gasteiger partial charge in [-0.05, 0) is 30.2 Å². The van der Waals surface area contributed by atoms with Crippen molar-refractivity contribution in [1.29, 1.82) is 0 Å². The van der Waals surface area contributed by atoms with Gasteiger partial charge in [0, 0.05) is 36.3 Å². The minimum atomic E-state index is -0.431. The summed E-state index contributed by atoms with van der Waals surface area (Å²) in [7, 11) is 0. The standard InChI is InChI=1S/C20H20N4O2/c25-19-9-8-18(20(26)23-12-15-5-3-4-10-21-15)24(19)13-14-11-22-17-7-2-1-6-16(14)17/h1-7,10-11,18,22H,8-9,12-13H2,(H,23,26)/t18-/m1/s1. The number of H-pyrrole nitrogens is 1. The van der Waals surface area contributed by atoms with Gasteiger partial charge >= 0.3 is 0 Å². The van der Waals surface area contributed by atoms with Crippen LogP contribution < -0.4 is 5.32 Å². The molecule has 0 radical (unpaired) electrons. The van der Waals surface area contributed by atoms with Crippen LogP contribution in [0.2, 0.25) is 0 Å². The van der Waals surface area contributed by atoms with Crippen molar-refractivity contribution in [3.05, 3.63) is 66.1 Å². The lowest BCUT2D eigenvalue weighted by molar-refractivity contribution is -0.135. The highest BCUT2D eigenvalue weighted by molar-refractivity contribution is 5.91. The fourth-order valence-electron chi connectivity index (χ4n) is 3.45. The van der Waals surface area contributed by atoms with E-state index >= 15 is 0 Å². The summed E-state index contributed by atoms with van der Waals surface area (Å²) in [6.45, 7) is 0.801. The average molecular weight is 348 g/mol.